The number of ether oxygens (including phenoxy) is 2. The molecule has 1 aromatic rings. The van der Waals surface area contributed by atoms with Crippen LogP contribution in [0.4, 0.5) is 0 Å². The molecular weight excluding hydrogens is 282 g/mol. The van der Waals surface area contributed by atoms with Crippen molar-refractivity contribution in [2.75, 3.05) is 27.3 Å². The summed E-state index contributed by atoms with van der Waals surface area (Å²) in [4.78, 5) is 0. The van der Waals surface area contributed by atoms with Crippen molar-refractivity contribution < 1.29 is 9.47 Å². The first-order valence-electron chi connectivity index (χ1n) is 5.89. The van der Waals surface area contributed by atoms with Crippen molar-refractivity contribution >= 4 is 15.9 Å². The molecule has 0 amide bonds. The van der Waals surface area contributed by atoms with E-state index in [1.165, 1.54) is 18.4 Å². The maximum absolute atomic E-state index is 5.41. The van der Waals surface area contributed by atoms with Crippen molar-refractivity contribution in [3.63, 3.8) is 0 Å². The summed E-state index contributed by atoms with van der Waals surface area (Å²) in [5.41, 5.74) is 1.32. The lowest BCUT2D eigenvalue weighted by Crippen LogP contribution is -2.26. The summed E-state index contributed by atoms with van der Waals surface area (Å²) in [5.74, 6) is 2.17. The molecule has 4 heteroatoms. The minimum atomic E-state index is 0.602. The molecule has 1 aliphatic heterocycles. The summed E-state index contributed by atoms with van der Waals surface area (Å²) >= 11 is 3.64. The number of hydrogen-bond acceptors (Lipinski definition) is 3. The Bertz CT molecular complexity index is 389. The van der Waals surface area contributed by atoms with E-state index in [1.54, 1.807) is 14.2 Å². The number of methoxy groups -OCH3 is 2. The first-order valence-corrected chi connectivity index (χ1v) is 6.68. The van der Waals surface area contributed by atoms with Gasteiger partial charge in [-0.05, 0) is 59.4 Å². The molecule has 0 atom stereocenters. The fourth-order valence-corrected chi connectivity index (χ4v) is 3.17. The van der Waals surface area contributed by atoms with Gasteiger partial charge in [-0.3, -0.25) is 0 Å². The van der Waals surface area contributed by atoms with Crippen LogP contribution in [0.1, 0.15) is 24.3 Å². The van der Waals surface area contributed by atoms with Gasteiger partial charge in [0.25, 0.3) is 0 Å². The summed E-state index contributed by atoms with van der Waals surface area (Å²) < 4.78 is 11.7. The Morgan fingerprint density at radius 1 is 1.18 bits per heavy atom. The van der Waals surface area contributed by atoms with Crippen LogP contribution in [0.15, 0.2) is 16.6 Å². The number of halogens is 1. The molecule has 1 N–H and O–H groups in total. The van der Waals surface area contributed by atoms with Crippen molar-refractivity contribution in [2.24, 2.45) is 0 Å². The zero-order chi connectivity index (χ0) is 12.3. The Hall–Kier alpha value is -0.740. The van der Waals surface area contributed by atoms with Gasteiger partial charge < -0.3 is 14.8 Å². The summed E-state index contributed by atoms with van der Waals surface area (Å²) in [6.07, 6.45) is 2.35. The lowest BCUT2D eigenvalue weighted by molar-refractivity contribution is 0.351. The third-order valence-corrected chi connectivity index (χ3v) is 4.11. The maximum Gasteiger partial charge on any atom is 0.175 e. The fourth-order valence-electron chi connectivity index (χ4n) is 2.35. The number of rotatable bonds is 3. The molecule has 2 rings (SSSR count). The highest BCUT2D eigenvalue weighted by Crippen LogP contribution is 2.42. The van der Waals surface area contributed by atoms with Crippen LogP contribution in [-0.2, 0) is 0 Å². The average Bonchev–Trinajstić information content (AvgIpc) is 2.39. The highest BCUT2D eigenvalue weighted by molar-refractivity contribution is 9.10. The first kappa shape index (κ1) is 12.7. The van der Waals surface area contributed by atoms with E-state index >= 15 is 0 Å². The van der Waals surface area contributed by atoms with Gasteiger partial charge in [-0.25, -0.2) is 0 Å². The van der Waals surface area contributed by atoms with E-state index in [4.69, 9.17) is 9.47 Å². The van der Waals surface area contributed by atoms with Crippen LogP contribution in [0.3, 0.4) is 0 Å². The predicted molar refractivity (Wildman–Crippen MR) is 72.1 cm³/mol. The number of benzene rings is 1. The molecule has 1 heterocycles. The minimum absolute atomic E-state index is 0.602. The second kappa shape index (κ2) is 5.74. The molecule has 0 aromatic heterocycles. The van der Waals surface area contributed by atoms with Gasteiger partial charge in [0.15, 0.2) is 11.5 Å². The van der Waals surface area contributed by atoms with Crippen LogP contribution in [0, 0.1) is 0 Å². The Balaban J connectivity index is 2.34. The van der Waals surface area contributed by atoms with Crippen LogP contribution >= 0.6 is 15.9 Å². The van der Waals surface area contributed by atoms with Gasteiger partial charge in [0, 0.05) is 0 Å². The molecule has 0 saturated carbocycles. The summed E-state index contributed by atoms with van der Waals surface area (Å²) in [5, 5.41) is 3.38. The zero-order valence-corrected chi connectivity index (χ0v) is 11.8. The Morgan fingerprint density at radius 3 is 2.47 bits per heavy atom. The molecule has 0 spiro atoms. The summed E-state index contributed by atoms with van der Waals surface area (Å²) in [6, 6.07) is 4.13. The quantitative estimate of drug-likeness (QED) is 0.931. The van der Waals surface area contributed by atoms with E-state index in [0.717, 1.165) is 29.1 Å². The Morgan fingerprint density at radius 2 is 1.88 bits per heavy atom. The number of nitrogens with one attached hydrogen (secondary N) is 1. The SMILES string of the molecule is COc1ccc(C2CCNCC2)c(Br)c1OC. The summed E-state index contributed by atoms with van der Waals surface area (Å²) in [6.45, 7) is 2.18. The molecule has 0 unspecified atom stereocenters. The van der Waals surface area contributed by atoms with E-state index in [-0.39, 0.29) is 0 Å². The lowest BCUT2D eigenvalue weighted by atomic mass is 9.90. The van der Waals surface area contributed by atoms with E-state index in [9.17, 15) is 0 Å². The smallest absolute Gasteiger partial charge is 0.175 e. The molecular formula is C13H18BrNO2. The lowest BCUT2D eigenvalue weighted by Gasteiger charge is -2.25. The third-order valence-electron chi connectivity index (χ3n) is 3.29. The molecule has 1 aliphatic rings. The van der Waals surface area contributed by atoms with Crippen LogP contribution < -0.4 is 14.8 Å². The third kappa shape index (κ3) is 2.58. The van der Waals surface area contributed by atoms with Gasteiger partial charge in [0.2, 0.25) is 0 Å². The van der Waals surface area contributed by atoms with E-state index in [0.29, 0.717) is 5.92 Å². The van der Waals surface area contributed by atoms with Crippen molar-refractivity contribution in [1.29, 1.82) is 0 Å². The summed E-state index contributed by atoms with van der Waals surface area (Å²) in [7, 11) is 3.34. The van der Waals surface area contributed by atoms with Crippen molar-refractivity contribution in [1.82, 2.24) is 5.32 Å². The largest absolute Gasteiger partial charge is 0.493 e. The Labute approximate surface area is 111 Å². The standard InChI is InChI=1S/C13H18BrNO2/c1-16-11-4-3-10(12(14)13(11)17-2)9-5-7-15-8-6-9/h3-4,9,15H,5-8H2,1-2H3. The van der Waals surface area contributed by atoms with Gasteiger partial charge in [0.1, 0.15) is 0 Å². The topological polar surface area (TPSA) is 30.5 Å². The zero-order valence-electron chi connectivity index (χ0n) is 10.3. The molecule has 17 heavy (non-hydrogen) atoms. The highest BCUT2D eigenvalue weighted by atomic mass is 79.9. The van der Waals surface area contributed by atoms with Gasteiger partial charge in [-0.15, -0.1) is 0 Å². The highest BCUT2D eigenvalue weighted by Gasteiger charge is 2.21. The predicted octanol–water partition coefficient (Wildman–Crippen LogP) is 2.93. The first-order chi connectivity index (χ1) is 8.27. The van der Waals surface area contributed by atoms with E-state index < -0.39 is 0 Å². The molecule has 1 saturated heterocycles. The van der Waals surface area contributed by atoms with Crippen LogP contribution in [-0.4, -0.2) is 27.3 Å². The molecule has 1 fully saturated rings. The molecule has 0 aliphatic carbocycles. The van der Waals surface area contributed by atoms with E-state index in [1.807, 2.05) is 6.07 Å². The normalized spacial score (nSPS) is 16.9. The second-order valence-corrected chi connectivity index (χ2v) is 5.02. The Kier molecular flexibility index (Phi) is 4.29. The van der Waals surface area contributed by atoms with Crippen LogP contribution in [0.25, 0.3) is 0 Å². The average molecular weight is 300 g/mol. The van der Waals surface area contributed by atoms with Crippen LogP contribution in [0.5, 0.6) is 11.5 Å². The monoisotopic (exact) mass is 299 g/mol. The van der Waals surface area contributed by atoms with Gasteiger partial charge >= 0.3 is 0 Å². The molecule has 1 aromatic carbocycles. The van der Waals surface area contributed by atoms with Gasteiger partial charge in [0.05, 0.1) is 18.7 Å². The van der Waals surface area contributed by atoms with Crippen molar-refractivity contribution in [3.8, 4) is 11.5 Å². The van der Waals surface area contributed by atoms with Gasteiger partial charge in [-0.1, -0.05) is 6.07 Å². The second-order valence-electron chi connectivity index (χ2n) is 4.23. The van der Waals surface area contributed by atoms with Crippen molar-refractivity contribution in [3.05, 3.63) is 22.2 Å². The van der Waals surface area contributed by atoms with Crippen LogP contribution in [0.2, 0.25) is 0 Å². The molecule has 0 radical (unpaired) electrons. The fraction of sp³-hybridized carbons (Fsp3) is 0.538. The van der Waals surface area contributed by atoms with E-state index in [2.05, 4.69) is 27.3 Å². The number of piperidine rings is 1. The number of hydrogen-bond donors (Lipinski definition) is 1. The maximum atomic E-state index is 5.41. The molecule has 0 bridgehead atoms. The molecule has 3 nitrogen and oxygen atoms in total. The van der Waals surface area contributed by atoms with Gasteiger partial charge in [-0.2, -0.15) is 0 Å². The minimum Gasteiger partial charge on any atom is -0.493 e. The van der Waals surface area contributed by atoms with Crippen molar-refractivity contribution in [2.45, 2.75) is 18.8 Å². The molecule has 94 valence electrons.